The molecule has 168 valence electrons. The first-order valence-electron chi connectivity index (χ1n) is 10.3. The largest absolute Gasteiger partial charge is 0.490 e. The van der Waals surface area contributed by atoms with E-state index >= 15 is 0 Å². The van der Waals surface area contributed by atoms with Crippen LogP contribution in [0.25, 0.3) is 0 Å². The third kappa shape index (κ3) is 6.59. The van der Waals surface area contributed by atoms with Crippen LogP contribution < -0.4 is 29.6 Å². The molecule has 0 bridgehead atoms. The summed E-state index contributed by atoms with van der Waals surface area (Å²) >= 11 is 6.48. The van der Waals surface area contributed by atoms with Crippen LogP contribution in [0.3, 0.4) is 0 Å². The number of fused-ring (bicyclic) bond motifs is 1. The zero-order valence-corrected chi connectivity index (χ0v) is 19.1. The van der Waals surface area contributed by atoms with Crippen LogP contribution in [0.4, 0.5) is 5.69 Å². The molecule has 2 aromatic rings. The van der Waals surface area contributed by atoms with Crippen molar-refractivity contribution in [3.05, 3.63) is 40.9 Å². The van der Waals surface area contributed by atoms with Crippen molar-refractivity contribution in [1.82, 2.24) is 5.32 Å². The van der Waals surface area contributed by atoms with Gasteiger partial charge in [0.25, 0.3) is 5.91 Å². The molecule has 3 rings (SSSR count). The highest BCUT2D eigenvalue weighted by atomic mass is 35.5. The van der Waals surface area contributed by atoms with Crippen LogP contribution in [0.5, 0.6) is 23.0 Å². The van der Waals surface area contributed by atoms with Crippen molar-refractivity contribution >= 4 is 23.2 Å². The van der Waals surface area contributed by atoms with Crippen molar-refractivity contribution < 1.29 is 23.7 Å². The number of anilines is 1. The Kier molecular flexibility index (Phi) is 7.38. The van der Waals surface area contributed by atoms with Gasteiger partial charge in [0.1, 0.15) is 13.2 Å². The van der Waals surface area contributed by atoms with Crippen LogP contribution >= 0.6 is 11.6 Å². The normalized spacial score (nSPS) is 12.8. The number of ether oxygens (including phenoxy) is 4. The van der Waals surface area contributed by atoms with Crippen LogP contribution in [-0.4, -0.2) is 37.9 Å². The monoisotopic (exact) mass is 448 g/mol. The fourth-order valence-electron chi connectivity index (χ4n) is 3.04. The van der Waals surface area contributed by atoms with E-state index in [-0.39, 0.29) is 18.1 Å². The van der Waals surface area contributed by atoms with Gasteiger partial charge in [-0.05, 0) is 51.5 Å². The molecular weight excluding hydrogens is 420 g/mol. The fraction of sp³-hybridized carbons (Fsp3) is 0.435. The van der Waals surface area contributed by atoms with Crippen LogP contribution in [-0.2, 0) is 11.3 Å². The Morgan fingerprint density at radius 2 is 1.77 bits per heavy atom. The summed E-state index contributed by atoms with van der Waals surface area (Å²) in [7, 11) is 0. The molecule has 7 nitrogen and oxygen atoms in total. The van der Waals surface area contributed by atoms with E-state index in [9.17, 15) is 4.79 Å². The molecule has 1 heterocycles. The fourth-order valence-corrected chi connectivity index (χ4v) is 3.26. The average Bonchev–Trinajstić information content (AvgIpc) is 2.71. The van der Waals surface area contributed by atoms with E-state index in [0.717, 1.165) is 22.7 Å². The van der Waals surface area contributed by atoms with Crippen molar-refractivity contribution in [2.24, 2.45) is 0 Å². The summed E-state index contributed by atoms with van der Waals surface area (Å²) in [5.74, 6) is 2.21. The average molecular weight is 449 g/mol. The molecule has 0 atom stereocenters. The van der Waals surface area contributed by atoms with Crippen molar-refractivity contribution in [2.75, 3.05) is 31.7 Å². The Bertz CT molecular complexity index is 927. The minimum atomic E-state index is -0.329. The summed E-state index contributed by atoms with van der Waals surface area (Å²) < 4.78 is 22.6. The standard InChI is InChI=1S/C23H29ClN2O5/c1-5-28-19-10-15(13-25-16-6-7-18-20(11-16)30-9-8-29-18)17(24)12-21(19)31-14-22(27)26-23(2,3)4/h6-7,10-12,25H,5,8-9,13-14H2,1-4H3,(H,26,27). The van der Waals surface area contributed by atoms with Gasteiger partial charge in [-0.2, -0.15) is 0 Å². The number of halogens is 1. The molecule has 1 aliphatic heterocycles. The molecule has 0 radical (unpaired) electrons. The van der Waals surface area contributed by atoms with Crippen LogP contribution in [0.2, 0.25) is 5.02 Å². The first-order valence-corrected chi connectivity index (χ1v) is 10.7. The molecule has 0 saturated heterocycles. The summed E-state index contributed by atoms with van der Waals surface area (Å²) in [5, 5.41) is 6.71. The minimum absolute atomic E-state index is 0.123. The van der Waals surface area contributed by atoms with Gasteiger partial charge in [0, 0.05) is 34.9 Å². The Labute approximate surface area is 188 Å². The maximum Gasteiger partial charge on any atom is 0.258 e. The smallest absolute Gasteiger partial charge is 0.258 e. The van der Waals surface area contributed by atoms with Crippen molar-refractivity contribution in [1.29, 1.82) is 0 Å². The Balaban J connectivity index is 1.68. The quantitative estimate of drug-likeness (QED) is 0.622. The topological polar surface area (TPSA) is 78.1 Å². The van der Waals surface area contributed by atoms with Crippen LogP contribution in [0.15, 0.2) is 30.3 Å². The summed E-state index contributed by atoms with van der Waals surface area (Å²) in [6, 6.07) is 9.21. The van der Waals surface area contributed by atoms with E-state index in [4.69, 9.17) is 30.5 Å². The molecule has 2 aromatic carbocycles. The number of amides is 1. The molecule has 0 fully saturated rings. The third-order valence-electron chi connectivity index (χ3n) is 4.31. The molecule has 0 aliphatic carbocycles. The SMILES string of the molecule is CCOc1cc(CNc2ccc3c(c2)OCCO3)c(Cl)cc1OCC(=O)NC(C)(C)C. The van der Waals surface area contributed by atoms with Crippen molar-refractivity contribution in [2.45, 2.75) is 39.8 Å². The number of rotatable bonds is 8. The van der Waals surface area contributed by atoms with Gasteiger partial charge in [0.15, 0.2) is 29.6 Å². The molecule has 0 saturated carbocycles. The zero-order valence-electron chi connectivity index (χ0n) is 18.3. The lowest BCUT2D eigenvalue weighted by atomic mass is 10.1. The van der Waals surface area contributed by atoms with Crippen molar-refractivity contribution in [3.8, 4) is 23.0 Å². The van der Waals surface area contributed by atoms with Crippen LogP contribution in [0, 0.1) is 0 Å². The van der Waals surface area contributed by atoms with Gasteiger partial charge in [0.2, 0.25) is 0 Å². The Morgan fingerprint density at radius 1 is 1.06 bits per heavy atom. The van der Waals surface area contributed by atoms with Gasteiger partial charge in [-0.15, -0.1) is 0 Å². The lowest BCUT2D eigenvalue weighted by molar-refractivity contribution is -0.124. The van der Waals surface area contributed by atoms with Gasteiger partial charge in [-0.1, -0.05) is 11.6 Å². The maximum atomic E-state index is 12.1. The second kappa shape index (κ2) is 10.0. The van der Waals surface area contributed by atoms with Gasteiger partial charge in [0.05, 0.1) is 6.61 Å². The van der Waals surface area contributed by atoms with Gasteiger partial charge < -0.3 is 29.6 Å². The first kappa shape index (κ1) is 22.9. The van der Waals surface area contributed by atoms with Gasteiger partial charge in [-0.25, -0.2) is 0 Å². The van der Waals surface area contributed by atoms with E-state index in [2.05, 4.69) is 10.6 Å². The number of hydrogen-bond acceptors (Lipinski definition) is 6. The molecule has 0 unspecified atom stereocenters. The molecule has 1 aliphatic rings. The zero-order chi connectivity index (χ0) is 22.4. The number of benzene rings is 2. The highest BCUT2D eigenvalue weighted by Crippen LogP contribution is 2.35. The summed E-state index contributed by atoms with van der Waals surface area (Å²) in [5.41, 5.74) is 1.40. The van der Waals surface area contributed by atoms with Crippen molar-refractivity contribution in [3.63, 3.8) is 0 Å². The number of hydrogen-bond donors (Lipinski definition) is 2. The second-order valence-electron chi connectivity index (χ2n) is 8.12. The Morgan fingerprint density at radius 3 is 2.48 bits per heavy atom. The maximum absolute atomic E-state index is 12.1. The second-order valence-corrected chi connectivity index (χ2v) is 8.53. The highest BCUT2D eigenvalue weighted by molar-refractivity contribution is 6.31. The number of carbonyl (C=O) groups excluding carboxylic acids is 1. The van der Waals surface area contributed by atoms with Gasteiger partial charge >= 0.3 is 0 Å². The third-order valence-corrected chi connectivity index (χ3v) is 4.66. The summed E-state index contributed by atoms with van der Waals surface area (Å²) in [6.07, 6.45) is 0. The molecule has 2 N–H and O–H groups in total. The van der Waals surface area contributed by atoms with E-state index in [1.54, 1.807) is 6.07 Å². The number of carbonyl (C=O) groups is 1. The van der Waals surface area contributed by atoms with E-state index in [1.807, 2.05) is 52.0 Å². The molecule has 8 heteroatoms. The molecule has 0 aromatic heterocycles. The Hall–Kier alpha value is -2.80. The summed E-state index contributed by atoms with van der Waals surface area (Å²) in [4.78, 5) is 12.1. The lowest BCUT2D eigenvalue weighted by Gasteiger charge is -2.21. The van der Waals surface area contributed by atoms with Crippen LogP contribution in [0.1, 0.15) is 33.3 Å². The van der Waals surface area contributed by atoms with E-state index in [0.29, 0.717) is 42.9 Å². The minimum Gasteiger partial charge on any atom is -0.490 e. The molecule has 1 amide bonds. The molecule has 0 spiro atoms. The predicted octanol–water partition coefficient (Wildman–Crippen LogP) is 4.42. The van der Waals surface area contributed by atoms with E-state index < -0.39 is 0 Å². The highest BCUT2D eigenvalue weighted by Gasteiger charge is 2.17. The summed E-state index contributed by atoms with van der Waals surface area (Å²) in [6.45, 7) is 9.53. The van der Waals surface area contributed by atoms with E-state index in [1.165, 1.54) is 0 Å². The lowest BCUT2D eigenvalue weighted by Crippen LogP contribution is -2.43. The predicted molar refractivity (Wildman–Crippen MR) is 121 cm³/mol. The van der Waals surface area contributed by atoms with Gasteiger partial charge in [-0.3, -0.25) is 4.79 Å². The molecular formula is C23H29ClN2O5. The number of nitrogens with one attached hydrogen (secondary N) is 2. The molecule has 31 heavy (non-hydrogen) atoms. The first-order chi connectivity index (χ1) is 14.7.